The van der Waals surface area contributed by atoms with Gasteiger partial charge in [-0.1, -0.05) is 12.1 Å². The highest BCUT2D eigenvalue weighted by molar-refractivity contribution is 7.92. The highest BCUT2D eigenvalue weighted by Gasteiger charge is 2.35. The number of benzene rings is 2. The average Bonchev–Trinajstić information content (AvgIpc) is 2.98. The molecular weight excluding hydrogens is 361 g/mol. The normalized spacial score (nSPS) is 14.4. The van der Waals surface area contributed by atoms with Crippen LogP contribution < -0.4 is 4.31 Å². The molecule has 0 aromatic heterocycles. The number of hydrogen-bond donors (Lipinski definition) is 0. The van der Waals surface area contributed by atoms with Crippen LogP contribution in [-0.4, -0.2) is 19.9 Å². The van der Waals surface area contributed by atoms with Crippen LogP contribution >= 0.6 is 0 Å². The number of anilines is 1. The summed E-state index contributed by atoms with van der Waals surface area (Å²) in [6, 6.07) is 7.26. The standard InChI is InChI=1S/C15H11F3N2O4S/c16-15(17,18)11-2-1-3-13(8-11)25(23,24)19-7-6-10-4-5-12(20(21)22)9-14(10)19/h1-5,8-9H,6-7H2. The van der Waals surface area contributed by atoms with Gasteiger partial charge in [0.1, 0.15) is 0 Å². The summed E-state index contributed by atoms with van der Waals surface area (Å²) in [6.45, 7) is 0.00901. The van der Waals surface area contributed by atoms with Gasteiger partial charge in [0.05, 0.1) is 21.1 Å². The maximum Gasteiger partial charge on any atom is 0.416 e. The molecule has 1 heterocycles. The van der Waals surface area contributed by atoms with Crippen molar-refractivity contribution in [3.63, 3.8) is 0 Å². The molecule has 0 aliphatic carbocycles. The van der Waals surface area contributed by atoms with Crippen molar-refractivity contribution in [1.82, 2.24) is 0 Å². The Morgan fingerprint density at radius 2 is 1.84 bits per heavy atom. The van der Waals surface area contributed by atoms with E-state index >= 15 is 0 Å². The lowest BCUT2D eigenvalue weighted by molar-refractivity contribution is -0.384. The van der Waals surface area contributed by atoms with Gasteiger partial charge in [0.15, 0.2) is 0 Å². The molecule has 3 rings (SSSR count). The molecule has 0 radical (unpaired) electrons. The zero-order chi connectivity index (χ0) is 18.4. The van der Waals surface area contributed by atoms with Gasteiger partial charge in [-0.3, -0.25) is 14.4 Å². The summed E-state index contributed by atoms with van der Waals surface area (Å²) < 4.78 is 64.9. The van der Waals surface area contributed by atoms with Crippen LogP contribution in [0.5, 0.6) is 0 Å². The molecule has 132 valence electrons. The Balaban J connectivity index is 2.07. The van der Waals surface area contributed by atoms with Gasteiger partial charge in [0, 0.05) is 18.7 Å². The number of rotatable bonds is 3. The Kier molecular flexibility index (Phi) is 3.94. The van der Waals surface area contributed by atoms with Gasteiger partial charge in [-0.25, -0.2) is 8.42 Å². The van der Waals surface area contributed by atoms with Gasteiger partial charge in [0.2, 0.25) is 0 Å². The van der Waals surface area contributed by atoms with Crippen LogP contribution in [0.2, 0.25) is 0 Å². The predicted molar refractivity (Wildman–Crippen MR) is 82.8 cm³/mol. The molecule has 0 bridgehead atoms. The molecule has 1 aliphatic rings. The van der Waals surface area contributed by atoms with Gasteiger partial charge >= 0.3 is 6.18 Å². The Labute approximate surface area is 140 Å². The van der Waals surface area contributed by atoms with Crippen molar-refractivity contribution in [2.24, 2.45) is 0 Å². The number of nitrogens with zero attached hydrogens (tertiary/aromatic N) is 2. The van der Waals surface area contributed by atoms with Crippen molar-refractivity contribution in [2.75, 3.05) is 10.8 Å². The second-order valence-electron chi connectivity index (χ2n) is 5.42. The van der Waals surface area contributed by atoms with Crippen molar-refractivity contribution >= 4 is 21.4 Å². The van der Waals surface area contributed by atoms with E-state index in [4.69, 9.17) is 0 Å². The van der Waals surface area contributed by atoms with E-state index in [0.29, 0.717) is 18.1 Å². The van der Waals surface area contributed by atoms with E-state index in [0.717, 1.165) is 28.6 Å². The maximum absolute atomic E-state index is 12.8. The van der Waals surface area contributed by atoms with Crippen LogP contribution in [0.15, 0.2) is 47.4 Å². The summed E-state index contributed by atoms with van der Waals surface area (Å²) in [5.41, 5.74) is -0.662. The molecule has 2 aromatic carbocycles. The van der Waals surface area contributed by atoms with E-state index in [-0.39, 0.29) is 17.9 Å². The van der Waals surface area contributed by atoms with E-state index in [2.05, 4.69) is 0 Å². The summed E-state index contributed by atoms with van der Waals surface area (Å²) in [7, 11) is -4.27. The Hall–Kier alpha value is -2.62. The van der Waals surface area contributed by atoms with Gasteiger partial charge in [-0.2, -0.15) is 13.2 Å². The minimum atomic E-state index is -4.67. The largest absolute Gasteiger partial charge is 0.416 e. The second-order valence-corrected chi connectivity index (χ2v) is 7.29. The van der Waals surface area contributed by atoms with Crippen molar-refractivity contribution in [3.05, 3.63) is 63.7 Å². The first-order valence-corrected chi connectivity index (χ1v) is 8.52. The van der Waals surface area contributed by atoms with Gasteiger partial charge < -0.3 is 0 Å². The number of nitro groups is 1. The molecular formula is C15H11F3N2O4S. The monoisotopic (exact) mass is 372 g/mol. The Morgan fingerprint density at radius 1 is 1.12 bits per heavy atom. The van der Waals surface area contributed by atoms with Crippen LogP contribution in [-0.2, 0) is 22.6 Å². The zero-order valence-corrected chi connectivity index (χ0v) is 13.3. The minimum Gasteiger partial charge on any atom is -0.265 e. The number of fused-ring (bicyclic) bond motifs is 1. The summed E-state index contributed by atoms with van der Waals surface area (Å²) in [5.74, 6) is 0. The highest BCUT2D eigenvalue weighted by Crippen LogP contribution is 2.37. The molecule has 0 fully saturated rings. The third kappa shape index (κ3) is 3.04. The summed E-state index contributed by atoms with van der Waals surface area (Å²) in [6.07, 6.45) is -4.35. The zero-order valence-electron chi connectivity index (χ0n) is 12.5. The lowest BCUT2D eigenvalue weighted by atomic mass is 10.1. The van der Waals surface area contributed by atoms with E-state index in [1.165, 1.54) is 12.1 Å². The Bertz CT molecular complexity index is 957. The van der Waals surface area contributed by atoms with Crippen LogP contribution in [0.4, 0.5) is 24.5 Å². The first kappa shape index (κ1) is 17.2. The van der Waals surface area contributed by atoms with Crippen molar-refractivity contribution in [1.29, 1.82) is 0 Å². The van der Waals surface area contributed by atoms with Gasteiger partial charge in [-0.05, 0) is 30.2 Å². The summed E-state index contributed by atoms with van der Waals surface area (Å²) >= 11 is 0. The molecule has 1 aliphatic heterocycles. The lowest BCUT2D eigenvalue weighted by Crippen LogP contribution is -2.29. The molecule has 0 spiro atoms. The van der Waals surface area contributed by atoms with E-state index in [1.807, 2.05) is 0 Å². The van der Waals surface area contributed by atoms with E-state index in [9.17, 15) is 31.7 Å². The average molecular weight is 372 g/mol. The smallest absolute Gasteiger partial charge is 0.265 e. The Morgan fingerprint density at radius 3 is 2.48 bits per heavy atom. The molecule has 0 amide bonds. The number of nitro benzene ring substituents is 1. The predicted octanol–water partition coefficient (Wildman–Crippen LogP) is 3.37. The third-order valence-corrected chi connectivity index (χ3v) is 5.69. The molecule has 25 heavy (non-hydrogen) atoms. The van der Waals surface area contributed by atoms with Crippen molar-refractivity contribution in [3.8, 4) is 0 Å². The van der Waals surface area contributed by atoms with Gasteiger partial charge in [0.25, 0.3) is 15.7 Å². The second kappa shape index (κ2) is 5.73. The molecule has 10 heteroatoms. The lowest BCUT2D eigenvalue weighted by Gasteiger charge is -2.20. The van der Waals surface area contributed by atoms with Crippen molar-refractivity contribution in [2.45, 2.75) is 17.5 Å². The first-order chi connectivity index (χ1) is 11.6. The van der Waals surface area contributed by atoms with Crippen molar-refractivity contribution < 1.29 is 26.5 Å². The number of non-ortho nitro benzene ring substituents is 1. The topological polar surface area (TPSA) is 80.5 Å². The highest BCUT2D eigenvalue weighted by atomic mass is 32.2. The fourth-order valence-corrected chi connectivity index (χ4v) is 4.20. The molecule has 2 aromatic rings. The fourth-order valence-electron chi connectivity index (χ4n) is 2.66. The third-order valence-electron chi connectivity index (χ3n) is 3.88. The number of alkyl halides is 3. The summed E-state index contributed by atoms with van der Waals surface area (Å²) in [4.78, 5) is 9.72. The molecule has 0 saturated carbocycles. The number of sulfonamides is 1. The first-order valence-electron chi connectivity index (χ1n) is 7.08. The fraction of sp³-hybridized carbons (Fsp3) is 0.200. The van der Waals surface area contributed by atoms with Crippen LogP contribution in [0, 0.1) is 10.1 Å². The van der Waals surface area contributed by atoms with Crippen LogP contribution in [0.25, 0.3) is 0 Å². The number of hydrogen-bond acceptors (Lipinski definition) is 4. The quantitative estimate of drug-likeness (QED) is 0.611. The molecule has 0 N–H and O–H groups in total. The minimum absolute atomic E-state index is 0.00901. The molecule has 6 nitrogen and oxygen atoms in total. The molecule has 0 saturated heterocycles. The maximum atomic E-state index is 12.8. The van der Waals surface area contributed by atoms with E-state index in [1.54, 1.807) is 0 Å². The summed E-state index contributed by atoms with van der Waals surface area (Å²) in [5, 5.41) is 10.9. The number of halogens is 3. The molecule has 0 unspecified atom stereocenters. The van der Waals surface area contributed by atoms with E-state index < -0.39 is 31.6 Å². The van der Waals surface area contributed by atoms with Crippen LogP contribution in [0.1, 0.15) is 11.1 Å². The van der Waals surface area contributed by atoms with Crippen LogP contribution in [0.3, 0.4) is 0 Å². The van der Waals surface area contributed by atoms with Gasteiger partial charge in [-0.15, -0.1) is 0 Å². The SMILES string of the molecule is O=[N+]([O-])c1ccc2c(c1)N(S(=O)(=O)c1cccc(C(F)(F)F)c1)CC2. The molecule has 0 atom stereocenters.